The molecule has 22 heavy (non-hydrogen) atoms. The van der Waals surface area contributed by atoms with Gasteiger partial charge < -0.3 is 4.90 Å². The van der Waals surface area contributed by atoms with Crippen molar-refractivity contribution in [2.24, 2.45) is 0 Å². The standard InChI is InChI=1S/C17H20N4O/c22-17-7-4-8-20(17)15-9-18-21(13-15)16-11-19(12-16)10-14-5-2-1-3-6-14/h1-3,5-6,9,13,16H,4,7-8,10-12H2. The van der Waals surface area contributed by atoms with Gasteiger partial charge in [-0.15, -0.1) is 0 Å². The number of nitrogens with zero attached hydrogens (tertiary/aromatic N) is 4. The van der Waals surface area contributed by atoms with Crippen LogP contribution < -0.4 is 4.90 Å². The molecular weight excluding hydrogens is 276 g/mol. The van der Waals surface area contributed by atoms with Crippen LogP contribution in [0.5, 0.6) is 0 Å². The van der Waals surface area contributed by atoms with Crippen LogP contribution in [0, 0.1) is 0 Å². The van der Waals surface area contributed by atoms with Gasteiger partial charge in [-0.05, 0) is 12.0 Å². The maximum Gasteiger partial charge on any atom is 0.227 e. The zero-order valence-electron chi connectivity index (χ0n) is 12.6. The summed E-state index contributed by atoms with van der Waals surface area (Å²) in [7, 11) is 0. The molecule has 4 rings (SSSR count). The Balaban J connectivity index is 1.35. The monoisotopic (exact) mass is 296 g/mol. The van der Waals surface area contributed by atoms with E-state index in [9.17, 15) is 4.79 Å². The molecule has 114 valence electrons. The lowest BCUT2D eigenvalue weighted by Crippen LogP contribution is -2.47. The third kappa shape index (κ3) is 2.52. The van der Waals surface area contributed by atoms with Gasteiger partial charge in [0, 0.05) is 38.8 Å². The lowest BCUT2D eigenvalue weighted by molar-refractivity contribution is -0.117. The van der Waals surface area contributed by atoms with E-state index in [1.165, 1.54) is 5.56 Å². The molecule has 0 saturated carbocycles. The van der Waals surface area contributed by atoms with E-state index in [0.717, 1.165) is 38.3 Å². The maximum atomic E-state index is 11.8. The SMILES string of the molecule is O=C1CCCN1c1cnn(C2CN(Cc3ccccc3)C2)c1. The molecule has 5 nitrogen and oxygen atoms in total. The summed E-state index contributed by atoms with van der Waals surface area (Å²) in [6.07, 6.45) is 5.47. The summed E-state index contributed by atoms with van der Waals surface area (Å²) in [6, 6.07) is 11.0. The van der Waals surface area contributed by atoms with E-state index in [1.807, 2.05) is 28.0 Å². The highest BCUT2D eigenvalue weighted by atomic mass is 16.2. The number of rotatable bonds is 4. The highest BCUT2D eigenvalue weighted by molar-refractivity contribution is 5.95. The molecule has 0 atom stereocenters. The van der Waals surface area contributed by atoms with Crippen LogP contribution in [0.15, 0.2) is 42.7 Å². The molecule has 0 N–H and O–H groups in total. The topological polar surface area (TPSA) is 41.4 Å². The van der Waals surface area contributed by atoms with Gasteiger partial charge in [-0.2, -0.15) is 5.10 Å². The first-order valence-electron chi connectivity index (χ1n) is 7.90. The number of carbonyl (C=O) groups is 1. The Kier molecular flexibility index (Phi) is 3.42. The zero-order valence-corrected chi connectivity index (χ0v) is 12.6. The number of likely N-dealkylation sites (tertiary alicyclic amines) is 1. The Labute approximate surface area is 130 Å². The summed E-state index contributed by atoms with van der Waals surface area (Å²) < 4.78 is 2.02. The van der Waals surface area contributed by atoms with E-state index in [-0.39, 0.29) is 5.91 Å². The number of hydrogen-bond acceptors (Lipinski definition) is 3. The van der Waals surface area contributed by atoms with Crippen LogP contribution in [0.1, 0.15) is 24.4 Å². The minimum absolute atomic E-state index is 0.221. The predicted molar refractivity (Wildman–Crippen MR) is 84.6 cm³/mol. The van der Waals surface area contributed by atoms with Crippen molar-refractivity contribution in [1.82, 2.24) is 14.7 Å². The molecular formula is C17H20N4O. The maximum absolute atomic E-state index is 11.8. The number of carbonyl (C=O) groups excluding carboxylic acids is 1. The van der Waals surface area contributed by atoms with E-state index in [1.54, 1.807) is 0 Å². The minimum Gasteiger partial charge on any atom is -0.309 e. The lowest BCUT2D eigenvalue weighted by atomic mass is 10.1. The summed E-state index contributed by atoms with van der Waals surface area (Å²) in [5, 5.41) is 4.45. The Bertz CT molecular complexity index is 660. The average molecular weight is 296 g/mol. The summed E-state index contributed by atoms with van der Waals surface area (Å²) in [4.78, 5) is 16.0. The molecule has 0 spiro atoms. The van der Waals surface area contributed by atoms with E-state index >= 15 is 0 Å². The molecule has 5 heteroatoms. The first kappa shape index (κ1) is 13.5. The molecule has 2 saturated heterocycles. The highest BCUT2D eigenvalue weighted by Crippen LogP contribution is 2.26. The van der Waals surface area contributed by atoms with Gasteiger partial charge in [-0.3, -0.25) is 14.4 Å². The lowest BCUT2D eigenvalue weighted by Gasteiger charge is -2.39. The van der Waals surface area contributed by atoms with Crippen molar-refractivity contribution in [3.63, 3.8) is 0 Å². The molecule has 0 bridgehead atoms. The van der Waals surface area contributed by atoms with Crippen molar-refractivity contribution >= 4 is 11.6 Å². The predicted octanol–water partition coefficient (Wildman–Crippen LogP) is 2.07. The number of anilines is 1. The molecule has 2 aliphatic heterocycles. The second kappa shape index (κ2) is 5.57. The van der Waals surface area contributed by atoms with Gasteiger partial charge in [-0.25, -0.2) is 0 Å². The molecule has 2 fully saturated rings. The van der Waals surface area contributed by atoms with Gasteiger partial charge in [0.05, 0.1) is 17.9 Å². The molecule has 1 aromatic heterocycles. The van der Waals surface area contributed by atoms with Crippen LogP contribution in [0.2, 0.25) is 0 Å². The van der Waals surface area contributed by atoms with Crippen LogP contribution >= 0.6 is 0 Å². The van der Waals surface area contributed by atoms with Crippen LogP contribution in [0.25, 0.3) is 0 Å². The highest BCUT2D eigenvalue weighted by Gasteiger charge is 2.30. The molecule has 0 aliphatic carbocycles. The Morgan fingerprint density at radius 3 is 2.73 bits per heavy atom. The van der Waals surface area contributed by atoms with Crippen molar-refractivity contribution in [3.8, 4) is 0 Å². The smallest absolute Gasteiger partial charge is 0.227 e. The van der Waals surface area contributed by atoms with Gasteiger partial charge in [0.15, 0.2) is 0 Å². The van der Waals surface area contributed by atoms with E-state index < -0.39 is 0 Å². The summed E-state index contributed by atoms with van der Waals surface area (Å²) in [6.45, 7) is 3.86. The fourth-order valence-corrected chi connectivity index (χ4v) is 3.27. The van der Waals surface area contributed by atoms with Gasteiger partial charge in [0.1, 0.15) is 0 Å². The Morgan fingerprint density at radius 2 is 2.00 bits per heavy atom. The van der Waals surface area contributed by atoms with Gasteiger partial charge in [0.2, 0.25) is 5.91 Å². The molecule has 0 unspecified atom stereocenters. The van der Waals surface area contributed by atoms with Crippen LogP contribution in [-0.4, -0.2) is 40.2 Å². The largest absolute Gasteiger partial charge is 0.309 e. The molecule has 2 aromatic rings. The second-order valence-electron chi connectivity index (χ2n) is 6.16. The van der Waals surface area contributed by atoms with Gasteiger partial charge >= 0.3 is 0 Å². The molecule has 0 radical (unpaired) electrons. The van der Waals surface area contributed by atoms with Crippen molar-refractivity contribution in [3.05, 3.63) is 48.3 Å². The van der Waals surface area contributed by atoms with E-state index in [0.29, 0.717) is 12.5 Å². The van der Waals surface area contributed by atoms with Crippen molar-refractivity contribution in [1.29, 1.82) is 0 Å². The summed E-state index contributed by atoms with van der Waals surface area (Å²) >= 11 is 0. The third-order valence-corrected chi connectivity index (χ3v) is 4.53. The van der Waals surface area contributed by atoms with Crippen LogP contribution in [0.4, 0.5) is 5.69 Å². The van der Waals surface area contributed by atoms with E-state index in [2.05, 4.69) is 34.3 Å². The van der Waals surface area contributed by atoms with Crippen molar-refractivity contribution in [2.45, 2.75) is 25.4 Å². The quantitative estimate of drug-likeness (QED) is 0.867. The number of hydrogen-bond donors (Lipinski definition) is 0. The number of amides is 1. The van der Waals surface area contributed by atoms with Crippen LogP contribution in [0.3, 0.4) is 0 Å². The Morgan fingerprint density at radius 1 is 1.18 bits per heavy atom. The number of benzene rings is 1. The average Bonchev–Trinajstić information content (AvgIpc) is 3.12. The van der Waals surface area contributed by atoms with Crippen LogP contribution in [-0.2, 0) is 11.3 Å². The van der Waals surface area contributed by atoms with Gasteiger partial charge in [-0.1, -0.05) is 30.3 Å². The number of aromatic nitrogens is 2. The first-order chi connectivity index (χ1) is 10.8. The second-order valence-corrected chi connectivity index (χ2v) is 6.16. The molecule has 2 aliphatic rings. The zero-order chi connectivity index (χ0) is 14.9. The Hall–Kier alpha value is -2.14. The van der Waals surface area contributed by atoms with Gasteiger partial charge in [0.25, 0.3) is 0 Å². The van der Waals surface area contributed by atoms with Crippen molar-refractivity contribution < 1.29 is 4.79 Å². The fraction of sp³-hybridized carbons (Fsp3) is 0.412. The molecule has 1 amide bonds. The van der Waals surface area contributed by atoms with Crippen molar-refractivity contribution in [2.75, 3.05) is 24.5 Å². The van der Waals surface area contributed by atoms with E-state index in [4.69, 9.17) is 0 Å². The summed E-state index contributed by atoms with van der Waals surface area (Å²) in [5.74, 6) is 0.221. The molecule has 1 aromatic carbocycles. The normalized spacial score (nSPS) is 19.6. The first-order valence-corrected chi connectivity index (χ1v) is 7.90. The summed E-state index contributed by atoms with van der Waals surface area (Å²) in [5.41, 5.74) is 2.30. The minimum atomic E-state index is 0.221. The third-order valence-electron chi connectivity index (χ3n) is 4.53. The molecule has 3 heterocycles. The fourth-order valence-electron chi connectivity index (χ4n) is 3.27.